The number of hydrogen-bond donors (Lipinski definition) is 2. The van der Waals surface area contributed by atoms with Crippen molar-refractivity contribution in [2.75, 3.05) is 17.2 Å². The maximum absolute atomic E-state index is 12.8. The van der Waals surface area contributed by atoms with Crippen molar-refractivity contribution in [2.45, 2.75) is 25.8 Å². The average Bonchev–Trinajstić information content (AvgIpc) is 3.38. The molecule has 154 valence electrons. The van der Waals surface area contributed by atoms with Gasteiger partial charge in [0.1, 0.15) is 11.0 Å². The fraction of sp³-hybridized carbons (Fsp3) is 0.238. The van der Waals surface area contributed by atoms with E-state index in [2.05, 4.69) is 20.8 Å². The second kappa shape index (κ2) is 8.81. The van der Waals surface area contributed by atoms with Gasteiger partial charge in [-0.15, -0.1) is 10.2 Å². The molecule has 2 aromatic carbocycles. The van der Waals surface area contributed by atoms with Crippen LogP contribution >= 0.6 is 22.9 Å². The van der Waals surface area contributed by atoms with Crippen LogP contribution in [-0.2, 0) is 4.79 Å². The van der Waals surface area contributed by atoms with Gasteiger partial charge in [-0.2, -0.15) is 0 Å². The van der Waals surface area contributed by atoms with Gasteiger partial charge in [0.25, 0.3) is 0 Å². The molecule has 1 aliphatic rings. The Morgan fingerprint density at radius 1 is 1.13 bits per heavy atom. The zero-order valence-corrected chi connectivity index (χ0v) is 17.8. The van der Waals surface area contributed by atoms with E-state index >= 15 is 0 Å². The predicted octanol–water partition coefficient (Wildman–Crippen LogP) is 4.80. The number of nitrogens with one attached hydrogen (secondary N) is 2. The SMILES string of the molecule is Cc1cccc(NC(=O)N2CCCC2C(=O)Nc2nnc(-c3ccc(Cl)cc3)s2)c1. The summed E-state index contributed by atoms with van der Waals surface area (Å²) in [7, 11) is 0. The Bertz CT molecular complexity index is 1070. The Kier molecular flexibility index (Phi) is 5.96. The lowest BCUT2D eigenvalue weighted by Gasteiger charge is -2.23. The third-order valence-corrected chi connectivity index (χ3v) is 5.97. The predicted molar refractivity (Wildman–Crippen MR) is 119 cm³/mol. The van der Waals surface area contributed by atoms with E-state index in [0.717, 1.165) is 17.5 Å². The summed E-state index contributed by atoms with van der Waals surface area (Å²) < 4.78 is 0. The van der Waals surface area contributed by atoms with E-state index in [9.17, 15) is 9.59 Å². The number of amides is 3. The van der Waals surface area contributed by atoms with Crippen molar-refractivity contribution in [1.29, 1.82) is 0 Å². The second-order valence-electron chi connectivity index (χ2n) is 7.06. The Hall–Kier alpha value is -2.97. The third kappa shape index (κ3) is 4.60. The summed E-state index contributed by atoms with van der Waals surface area (Å²) in [4.78, 5) is 27.1. The molecule has 2 N–H and O–H groups in total. The van der Waals surface area contributed by atoms with E-state index in [1.165, 1.54) is 11.3 Å². The molecule has 2 heterocycles. The Morgan fingerprint density at radius 2 is 1.93 bits per heavy atom. The van der Waals surface area contributed by atoms with Crippen molar-refractivity contribution in [1.82, 2.24) is 15.1 Å². The minimum Gasteiger partial charge on any atom is -0.312 e. The highest BCUT2D eigenvalue weighted by Crippen LogP contribution is 2.28. The van der Waals surface area contributed by atoms with Gasteiger partial charge in [0, 0.05) is 22.8 Å². The van der Waals surface area contributed by atoms with Crippen molar-refractivity contribution in [3.8, 4) is 10.6 Å². The van der Waals surface area contributed by atoms with Gasteiger partial charge in [-0.1, -0.05) is 47.2 Å². The Balaban J connectivity index is 1.41. The van der Waals surface area contributed by atoms with Gasteiger partial charge in [-0.3, -0.25) is 10.1 Å². The highest BCUT2D eigenvalue weighted by Gasteiger charge is 2.34. The topological polar surface area (TPSA) is 87.2 Å². The molecule has 1 fully saturated rings. The van der Waals surface area contributed by atoms with Gasteiger partial charge < -0.3 is 10.2 Å². The molecule has 0 radical (unpaired) electrons. The van der Waals surface area contributed by atoms with Crippen molar-refractivity contribution >= 4 is 45.7 Å². The molecule has 1 aromatic heterocycles. The first-order valence-electron chi connectivity index (χ1n) is 9.54. The van der Waals surface area contributed by atoms with Crippen LogP contribution in [0.15, 0.2) is 48.5 Å². The molecule has 0 saturated carbocycles. The number of hydrogen-bond acceptors (Lipinski definition) is 5. The largest absolute Gasteiger partial charge is 0.322 e. The normalized spacial score (nSPS) is 15.8. The Morgan fingerprint density at radius 3 is 2.70 bits per heavy atom. The lowest BCUT2D eigenvalue weighted by Crippen LogP contribution is -2.45. The molecule has 0 bridgehead atoms. The molecule has 4 rings (SSSR count). The van der Waals surface area contributed by atoms with Gasteiger partial charge in [-0.25, -0.2) is 4.79 Å². The summed E-state index contributed by atoms with van der Waals surface area (Å²) >= 11 is 7.19. The van der Waals surface area contributed by atoms with Crippen LogP contribution < -0.4 is 10.6 Å². The zero-order chi connectivity index (χ0) is 21.1. The fourth-order valence-corrected chi connectivity index (χ4v) is 4.25. The van der Waals surface area contributed by atoms with Crippen LogP contribution in [0.25, 0.3) is 10.6 Å². The molecule has 0 spiro atoms. The maximum Gasteiger partial charge on any atom is 0.322 e. The van der Waals surface area contributed by atoms with E-state index < -0.39 is 6.04 Å². The van der Waals surface area contributed by atoms with Crippen molar-refractivity contribution in [3.63, 3.8) is 0 Å². The van der Waals surface area contributed by atoms with E-state index in [1.807, 2.05) is 43.3 Å². The molecule has 7 nitrogen and oxygen atoms in total. The number of likely N-dealkylation sites (tertiary alicyclic amines) is 1. The molecular formula is C21H20ClN5O2S. The highest BCUT2D eigenvalue weighted by molar-refractivity contribution is 7.18. The van der Waals surface area contributed by atoms with Crippen molar-refractivity contribution in [3.05, 3.63) is 59.1 Å². The van der Waals surface area contributed by atoms with Gasteiger partial charge in [0.05, 0.1) is 0 Å². The molecule has 3 amide bonds. The van der Waals surface area contributed by atoms with Crippen LogP contribution in [0.1, 0.15) is 18.4 Å². The molecule has 0 aliphatic carbocycles. The summed E-state index contributed by atoms with van der Waals surface area (Å²) in [5.41, 5.74) is 2.64. The number of aromatic nitrogens is 2. The molecule has 1 saturated heterocycles. The Labute approximate surface area is 183 Å². The lowest BCUT2D eigenvalue weighted by atomic mass is 10.2. The third-order valence-electron chi connectivity index (χ3n) is 4.83. The quantitative estimate of drug-likeness (QED) is 0.608. The number of benzene rings is 2. The number of halogens is 1. The van der Waals surface area contributed by atoms with Gasteiger partial charge in [0.2, 0.25) is 11.0 Å². The average molecular weight is 442 g/mol. The highest BCUT2D eigenvalue weighted by atomic mass is 35.5. The summed E-state index contributed by atoms with van der Waals surface area (Å²) in [6, 6.07) is 14.0. The molecule has 9 heteroatoms. The van der Waals surface area contributed by atoms with Crippen LogP contribution in [0.3, 0.4) is 0 Å². The smallest absolute Gasteiger partial charge is 0.312 e. The summed E-state index contributed by atoms with van der Waals surface area (Å²) in [6.07, 6.45) is 1.38. The number of nitrogens with zero attached hydrogens (tertiary/aromatic N) is 3. The van der Waals surface area contributed by atoms with Gasteiger partial charge in [-0.05, 0) is 49.6 Å². The molecule has 1 aliphatic heterocycles. The summed E-state index contributed by atoms with van der Waals surface area (Å²) in [5.74, 6) is -0.259. The van der Waals surface area contributed by atoms with Crippen LogP contribution in [0.2, 0.25) is 5.02 Å². The van der Waals surface area contributed by atoms with E-state index in [-0.39, 0.29) is 11.9 Å². The fourth-order valence-electron chi connectivity index (χ4n) is 3.37. The lowest BCUT2D eigenvalue weighted by molar-refractivity contribution is -0.119. The second-order valence-corrected chi connectivity index (χ2v) is 8.47. The number of anilines is 2. The molecule has 1 unspecified atom stereocenters. The molecule has 3 aromatic rings. The first kappa shape index (κ1) is 20.3. The molecule has 1 atom stereocenters. The minimum absolute atomic E-state index is 0.259. The standard InChI is InChI=1S/C21H20ClN5O2S/c1-13-4-2-5-16(12-13)23-21(29)27-11-3-6-17(27)18(28)24-20-26-25-19(30-20)14-7-9-15(22)10-8-14/h2,4-5,7-10,12,17H,3,6,11H2,1H3,(H,23,29)(H,24,26,28). The van der Waals surface area contributed by atoms with Crippen molar-refractivity contribution in [2.24, 2.45) is 0 Å². The number of urea groups is 1. The first-order valence-corrected chi connectivity index (χ1v) is 10.7. The number of carbonyl (C=O) groups is 2. The van der Waals surface area contributed by atoms with Crippen LogP contribution in [0, 0.1) is 6.92 Å². The van der Waals surface area contributed by atoms with Crippen molar-refractivity contribution < 1.29 is 9.59 Å². The van der Waals surface area contributed by atoms with E-state index in [4.69, 9.17) is 11.6 Å². The number of aryl methyl sites for hydroxylation is 1. The van der Waals surface area contributed by atoms with Crippen LogP contribution in [-0.4, -0.2) is 39.6 Å². The maximum atomic E-state index is 12.8. The van der Waals surface area contributed by atoms with Gasteiger partial charge >= 0.3 is 6.03 Å². The summed E-state index contributed by atoms with van der Waals surface area (Å²) in [6.45, 7) is 2.49. The van der Waals surface area contributed by atoms with E-state index in [0.29, 0.717) is 33.8 Å². The first-order chi connectivity index (χ1) is 14.5. The molecular weight excluding hydrogens is 422 g/mol. The minimum atomic E-state index is -0.544. The summed E-state index contributed by atoms with van der Waals surface area (Å²) in [5, 5.41) is 15.6. The van der Waals surface area contributed by atoms with E-state index in [1.54, 1.807) is 17.0 Å². The monoisotopic (exact) mass is 441 g/mol. The van der Waals surface area contributed by atoms with Crippen LogP contribution in [0.5, 0.6) is 0 Å². The zero-order valence-electron chi connectivity index (χ0n) is 16.3. The number of carbonyl (C=O) groups excluding carboxylic acids is 2. The number of rotatable bonds is 4. The molecule has 30 heavy (non-hydrogen) atoms. The van der Waals surface area contributed by atoms with Gasteiger partial charge in [0.15, 0.2) is 0 Å². The van der Waals surface area contributed by atoms with Crippen LogP contribution in [0.4, 0.5) is 15.6 Å².